The van der Waals surface area contributed by atoms with Crippen LogP contribution in [0.3, 0.4) is 0 Å². The molecular formula is C22H24ClN3O4S. The second-order valence-electron chi connectivity index (χ2n) is 7.70. The van der Waals surface area contributed by atoms with Crippen molar-refractivity contribution in [1.29, 1.82) is 0 Å². The van der Waals surface area contributed by atoms with Crippen LogP contribution in [-0.4, -0.2) is 25.0 Å². The average Bonchev–Trinajstić information content (AvgIpc) is 2.71. The normalized spacial score (nSPS) is 11.8. The van der Waals surface area contributed by atoms with Gasteiger partial charge in [-0.15, -0.1) is 0 Å². The first-order chi connectivity index (χ1) is 14.6. The lowest BCUT2D eigenvalue weighted by molar-refractivity contribution is 0.321. The Labute approximate surface area is 187 Å². The van der Waals surface area contributed by atoms with E-state index in [0.717, 1.165) is 11.9 Å². The molecule has 2 aromatic carbocycles. The zero-order chi connectivity index (χ0) is 22.6. The van der Waals surface area contributed by atoms with Gasteiger partial charge in [0.2, 0.25) is 5.75 Å². The number of halogens is 1. The highest BCUT2D eigenvalue weighted by Gasteiger charge is 2.22. The smallest absolute Gasteiger partial charge is 0.263 e. The zero-order valence-electron chi connectivity index (χ0n) is 17.7. The van der Waals surface area contributed by atoms with Crippen molar-refractivity contribution in [3.63, 3.8) is 0 Å². The predicted molar refractivity (Wildman–Crippen MR) is 121 cm³/mol. The molecule has 0 radical (unpaired) electrons. The monoisotopic (exact) mass is 461 g/mol. The molecule has 31 heavy (non-hydrogen) atoms. The van der Waals surface area contributed by atoms with E-state index in [0.29, 0.717) is 18.1 Å². The first kappa shape index (κ1) is 22.8. The molecule has 0 unspecified atom stereocenters. The van der Waals surface area contributed by atoms with Gasteiger partial charge in [-0.1, -0.05) is 56.6 Å². The van der Waals surface area contributed by atoms with E-state index in [1.54, 1.807) is 48.5 Å². The number of sulfonamides is 1. The minimum absolute atomic E-state index is 0.0220. The van der Waals surface area contributed by atoms with Crippen LogP contribution in [0.2, 0.25) is 5.15 Å². The van der Waals surface area contributed by atoms with Crippen molar-refractivity contribution in [2.24, 2.45) is 0 Å². The Morgan fingerprint density at radius 1 is 1.00 bits per heavy atom. The molecule has 0 saturated carbocycles. The molecule has 0 spiro atoms. The quantitative estimate of drug-likeness (QED) is 0.472. The van der Waals surface area contributed by atoms with E-state index in [2.05, 4.69) is 35.5 Å². The van der Waals surface area contributed by atoms with Crippen LogP contribution in [0.1, 0.15) is 33.3 Å². The van der Waals surface area contributed by atoms with Gasteiger partial charge in [0.25, 0.3) is 10.0 Å². The van der Waals surface area contributed by atoms with Gasteiger partial charge in [-0.25, -0.2) is 18.4 Å². The summed E-state index contributed by atoms with van der Waals surface area (Å²) in [4.78, 5) is 8.03. The summed E-state index contributed by atoms with van der Waals surface area (Å²) in [5.41, 5.74) is 0.929. The molecule has 0 bridgehead atoms. The molecule has 1 N–H and O–H groups in total. The molecule has 0 amide bonds. The Morgan fingerprint density at radius 2 is 1.65 bits per heavy atom. The summed E-state index contributed by atoms with van der Waals surface area (Å²) >= 11 is 6.20. The zero-order valence-corrected chi connectivity index (χ0v) is 19.3. The highest BCUT2D eigenvalue weighted by atomic mass is 35.5. The van der Waals surface area contributed by atoms with Gasteiger partial charge in [0.15, 0.2) is 22.5 Å². The van der Waals surface area contributed by atoms with E-state index in [9.17, 15) is 8.42 Å². The third-order valence-electron chi connectivity index (χ3n) is 4.38. The van der Waals surface area contributed by atoms with Crippen LogP contribution in [0, 0.1) is 0 Å². The number of aromatic nitrogens is 2. The summed E-state index contributed by atoms with van der Waals surface area (Å²) in [7, 11) is -3.94. The third kappa shape index (κ3) is 5.45. The van der Waals surface area contributed by atoms with E-state index in [4.69, 9.17) is 21.1 Å². The van der Waals surface area contributed by atoms with Crippen molar-refractivity contribution in [2.45, 2.75) is 38.0 Å². The number of nitrogens with zero attached hydrogens (tertiary/aromatic N) is 2. The lowest BCUT2D eigenvalue weighted by Crippen LogP contribution is -2.16. The average molecular weight is 462 g/mol. The Kier molecular flexibility index (Phi) is 6.71. The molecule has 1 aromatic heterocycles. The third-order valence-corrected chi connectivity index (χ3v) is 6.01. The van der Waals surface area contributed by atoms with Crippen LogP contribution >= 0.6 is 11.6 Å². The van der Waals surface area contributed by atoms with Gasteiger partial charge in [-0.2, -0.15) is 0 Å². The van der Waals surface area contributed by atoms with E-state index in [1.165, 1.54) is 0 Å². The molecule has 3 aromatic rings. The van der Waals surface area contributed by atoms with E-state index < -0.39 is 10.0 Å². The highest BCUT2D eigenvalue weighted by Crippen LogP contribution is 2.38. The summed E-state index contributed by atoms with van der Waals surface area (Å²) in [6, 6.07) is 13.7. The second-order valence-corrected chi connectivity index (χ2v) is 9.74. The fourth-order valence-corrected chi connectivity index (χ4v) is 3.94. The molecule has 0 atom stereocenters. The van der Waals surface area contributed by atoms with Crippen LogP contribution < -0.4 is 14.2 Å². The van der Waals surface area contributed by atoms with Crippen LogP contribution in [-0.2, 0) is 15.4 Å². The molecule has 0 aliphatic heterocycles. The summed E-state index contributed by atoms with van der Waals surface area (Å²) in [5.74, 6) is 0.741. The van der Waals surface area contributed by atoms with Crippen molar-refractivity contribution < 1.29 is 17.9 Å². The molecule has 1 heterocycles. The maximum Gasteiger partial charge on any atom is 0.263 e. The standard InChI is InChI=1S/C22H24ClN3O4S/c1-5-29-17-8-6-7-9-18(17)30-19-20(23)24-14-25-21(19)26-31(27,28)16-12-10-15(11-13-16)22(2,3)4/h6-14H,5H2,1-4H3,(H,24,25,26). The SMILES string of the molecule is CCOc1ccccc1Oc1c(Cl)ncnc1NS(=O)(=O)c1ccc(C(C)(C)C)cc1. The lowest BCUT2D eigenvalue weighted by atomic mass is 9.87. The first-order valence-electron chi connectivity index (χ1n) is 9.65. The van der Waals surface area contributed by atoms with Gasteiger partial charge < -0.3 is 9.47 Å². The molecule has 0 fully saturated rings. The van der Waals surface area contributed by atoms with Crippen LogP contribution in [0.5, 0.6) is 17.2 Å². The minimum Gasteiger partial charge on any atom is -0.490 e. The van der Waals surface area contributed by atoms with Gasteiger partial charge >= 0.3 is 0 Å². The van der Waals surface area contributed by atoms with Crippen molar-refractivity contribution >= 4 is 27.4 Å². The van der Waals surface area contributed by atoms with Gasteiger partial charge in [0.1, 0.15) is 6.33 Å². The number of nitrogens with one attached hydrogen (secondary N) is 1. The van der Waals surface area contributed by atoms with Gasteiger partial charge in [0.05, 0.1) is 11.5 Å². The molecule has 3 rings (SSSR count). The van der Waals surface area contributed by atoms with E-state index in [1.807, 2.05) is 6.92 Å². The summed E-state index contributed by atoms with van der Waals surface area (Å²) < 4.78 is 39.8. The van der Waals surface area contributed by atoms with Gasteiger partial charge in [0, 0.05) is 0 Å². The fraction of sp³-hybridized carbons (Fsp3) is 0.273. The first-order valence-corrected chi connectivity index (χ1v) is 11.5. The van der Waals surface area contributed by atoms with Crippen LogP contribution in [0.15, 0.2) is 59.8 Å². The Hall–Kier alpha value is -2.84. The number of hydrogen-bond donors (Lipinski definition) is 1. The predicted octanol–water partition coefficient (Wildman–Crippen LogP) is 5.42. The molecular weight excluding hydrogens is 438 g/mol. The lowest BCUT2D eigenvalue weighted by Gasteiger charge is -2.19. The summed E-state index contributed by atoms with van der Waals surface area (Å²) in [6.07, 6.45) is 1.16. The second kappa shape index (κ2) is 9.11. The molecule has 7 nitrogen and oxygen atoms in total. The molecule has 0 saturated heterocycles. The molecule has 9 heteroatoms. The Bertz CT molecular complexity index is 1160. The number of benzene rings is 2. The highest BCUT2D eigenvalue weighted by molar-refractivity contribution is 7.92. The van der Waals surface area contributed by atoms with Crippen LogP contribution in [0.25, 0.3) is 0 Å². The van der Waals surface area contributed by atoms with Crippen molar-refractivity contribution in [3.05, 3.63) is 65.6 Å². The molecule has 0 aliphatic rings. The maximum atomic E-state index is 13.0. The Balaban J connectivity index is 1.93. The number of hydrogen-bond acceptors (Lipinski definition) is 6. The van der Waals surface area contributed by atoms with Crippen LogP contribution in [0.4, 0.5) is 5.82 Å². The summed E-state index contributed by atoms with van der Waals surface area (Å²) in [6.45, 7) is 8.45. The van der Waals surface area contributed by atoms with E-state index >= 15 is 0 Å². The molecule has 0 aliphatic carbocycles. The number of rotatable bonds is 7. The fourth-order valence-electron chi connectivity index (χ4n) is 2.75. The maximum absolute atomic E-state index is 13.0. The number of para-hydroxylation sites is 2. The van der Waals surface area contributed by atoms with Crippen molar-refractivity contribution in [2.75, 3.05) is 11.3 Å². The van der Waals surface area contributed by atoms with Crippen molar-refractivity contribution in [3.8, 4) is 17.2 Å². The minimum atomic E-state index is -3.94. The number of ether oxygens (including phenoxy) is 2. The molecule has 164 valence electrons. The van der Waals surface area contributed by atoms with Gasteiger partial charge in [-0.3, -0.25) is 4.72 Å². The number of anilines is 1. The Morgan fingerprint density at radius 3 is 2.26 bits per heavy atom. The largest absolute Gasteiger partial charge is 0.490 e. The van der Waals surface area contributed by atoms with Crippen molar-refractivity contribution in [1.82, 2.24) is 9.97 Å². The van der Waals surface area contributed by atoms with Gasteiger partial charge in [-0.05, 0) is 42.2 Å². The topological polar surface area (TPSA) is 90.4 Å². The summed E-state index contributed by atoms with van der Waals surface area (Å²) in [5, 5.41) is -0.0397. The van der Waals surface area contributed by atoms with E-state index in [-0.39, 0.29) is 27.0 Å².